The standard InChI is InChI=1S/C24H30F2N4O2/c1-4-27-24(29-13-20-11-21(25)9-10-22(20)26)28-12-18-5-7-19(8-6-18)23(31)30-14-16(2)32-17(3)15-30/h5-11,16-17H,4,12-15H2,1-3H3,(H2,27,28,29). The van der Waals surface area contributed by atoms with Gasteiger partial charge in [-0.1, -0.05) is 12.1 Å². The number of benzene rings is 2. The lowest BCUT2D eigenvalue weighted by Gasteiger charge is -2.35. The zero-order chi connectivity index (χ0) is 23.1. The number of carbonyl (C=O) groups is 1. The molecule has 3 rings (SSSR count). The quantitative estimate of drug-likeness (QED) is 0.529. The van der Waals surface area contributed by atoms with Crippen molar-refractivity contribution < 1.29 is 18.3 Å². The number of amides is 1. The third-order valence-electron chi connectivity index (χ3n) is 5.13. The number of nitrogens with one attached hydrogen (secondary N) is 2. The molecule has 1 amide bonds. The van der Waals surface area contributed by atoms with E-state index in [9.17, 15) is 13.6 Å². The van der Waals surface area contributed by atoms with Gasteiger partial charge in [0, 0.05) is 37.3 Å². The molecule has 2 atom stereocenters. The van der Waals surface area contributed by atoms with E-state index in [1.54, 1.807) is 12.1 Å². The smallest absolute Gasteiger partial charge is 0.254 e. The highest BCUT2D eigenvalue weighted by atomic mass is 19.1. The van der Waals surface area contributed by atoms with Crippen LogP contribution in [0, 0.1) is 11.6 Å². The van der Waals surface area contributed by atoms with Crippen molar-refractivity contribution in [2.75, 3.05) is 19.6 Å². The monoisotopic (exact) mass is 444 g/mol. The molecule has 2 N–H and O–H groups in total. The summed E-state index contributed by atoms with van der Waals surface area (Å²) >= 11 is 0. The van der Waals surface area contributed by atoms with Crippen LogP contribution in [0.25, 0.3) is 0 Å². The summed E-state index contributed by atoms with van der Waals surface area (Å²) in [7, 11) is 0. The molecule has 0 bridgehead atoms. The molecule has 32 heavy (non-hydrogen) atoms. The van der Waals surface area contributed by atoms with Crippen LogP contribution in [0.4, 0.5) is 8.78 Å². The number of ether oxygens (including phenoxy) is 1. The molecule has 2 unspecified atom stereocenters. The number of guanidine groups is 1. The number of hydrogen-bond donors (Lipinski definition) is 2. The lowest BCUT2D eigenvalue weighted by molar-refractivity contribution is -0.0586. The number of halogens is 2. The first-order valence-corrected chi connectivity index (χ1v) is 10.9. The molecule has 6 nitrogen and oxygen atoms in total. The minimum atomic E-state index is -0.485. The van der Waals surface area contributed by atoms with Gasteiger partial charge in [0.15, 0.2) is 5.96 Å². The summed E-state index contributed by atoms with van der Waals surface area (Å²) < 4.78 is 32.9. The number of morpholine rings is 1. The molecule has 1 heterocycles. The van der Waals surface area contributed by atoms with Gasteiger partial charge in [0.05, 0.1) is 18.8 Å². The first-order valence-electron chi connectivity index (χ1n) is 10.9. The van der Waals surface area contributed by atoms with Gasteiger partial charge in [-0.15, -0.1) is 0 Å². The normalized spacial score (nSPS) is 19.0. The predicted molar refractivity (Wildman–Crippen MR) is 120 cm³/mol. The Morgan fingerprint density at radius 2 is 1.78 bits per heavy atom. The maximum Gasteiger partial charge on any atom is 0.254 e. The van der Waals surface area contributed by atoms with Crippen LogP contribution in [0.1, 0.15) is 42.3 Å². The van der Waals surface area contributed by atoms with Gasteiger partial charge in [-0.2, -0.15) is 0 Å². The van der Waals surface area contributed by atoms with E-state index in [1.807, 2.05) is 37.8 Å². The summed E-state index contributed by atoms with van der Waals surface area (Å²) in [6.07, 6.45) is 0.0447. The van der Waals surface area contributed by atoms with E-state index in [1.165, 1.54) is 0 Å². The van der Waals surface area contributed by atoms with Gasteiger partial charge >= 0.3 is 0 Å². The van der Waals surface area contributed by atoms with Gasteiger partial charge in [-0.25, -0.2) is 13.8 Å². The fraction of sp³-hybridized carbons (Fsp3) is 0.417. The third-order valence-corrected chi connectivity index (χ3v) is 5.13. The second kappa shape index (κ2) is 11.0. The zero-order valence-corrected chi connectivity index (χ0v) is 18.7. The van der Waals surface area contributed by atoms with Crippen LogP contribution >= 0.6 is 0 Å². The van der Waals surface area contributed by atoms with Gasteiger partial charge in [0.1, 0.15) is 11.6 Å². The van der Waals surface area contributed by atoms with E-state index < -0.39 is 11.6 Å². The van der Waals surface area contributed by atoms with Gasteiger partial charge < -0.3 is 20.3 Å². The highest BCUT2D eigenvalue weighted by molar-refractivity contribution is 5.94. The van der Waals surface area contributed by atoms with Crippen molar-refractivity contribution in [1.29, 1.82) is 0 Å². The van der Waals surface area contributed by atoms with E-state index in [4.69, 9.17) is 4.74 Å². The van der Waals surface area contributed by atoms with Crippen LogP contribution in [-0.4, -0.2) is 48.6 Å². The lowest BCUT2D eigenvalue weighted by atomic mass is 10.1. The van der Waals surface area contributed by atoms with Crippen molar-refractivity contribution >= 4 is 11.9 Å². The Morgan fingerprint density at radius 3 is 2.44 bits per heavy atom. The van der Waals surface area contributed by atoms with E-state index in [-0.39, 0.29) is 30.2 Å². The van der Waals surface area contributed by atoms with Crippen LogP contribution in [0.15, 0.2) is 47.5 Å². The highest BCUT2D eigenvalue weighted by Gasteiger charge is 2.26. The van der Waals surface area contributed by atoms with Crippen molar-refractivity contribution in [2.45, 2.75) is 46.1 Å². The van der Waals surface area contributed by atoms with Crippen molar-refractivity contribution in [3.8, 4) is 0 Å². The molecule has 0 saturated carbocycles. The van der Waals surface area contributed by atoms with E-state index in [0.29, 0.717) is 37.7 Å². The summed E-state index contributed by atoms with van der Waals surface area (Å²) in [5, 5.41) is 6.10. The fourth-order valence-corrected chi connectivity index (χ4v) is 3.65. The first-order chi connectivity index (χ1) is 15.4. The summed E-state index contributed by atoms with van der Waals surface area (Å²) in [5.74, 6) is -0.471. The second-order valence-corrected chi connectivity index (χ2v) is 7.95. The van der Waals surface area contributed by atoms with Crippen LogP contribution in [0.5, 0.6) is 0 Å². The Kier molecular flexibility index (Phi) is 8.16. The number of rotatable bonds is 6. The third kappa shape index (κ3) is 6.50. The van der Waals surface area contributed by atoms with Crippen molar-refractivity contribution in [3.63, 3.8) is 0 Å². The molecule has 0 spiro atoms. The van der Waals surface area contributed by atoms with Crippen molar-refractivity contribution in [2.24, 2.45) is 4.99 Å². The first kappa shape index (κ1) is 23.7. The molecule has 1 saturated heterocycles. The number of nitrogens with zero attached hydrogens (tertiary/aromatic N) is 2. The van der Waals surface area contributed by atoms with Crippen molar-refractivity contribution in [3.05, 3.63) is 70.8 Å². The van der Waals surface area contributed by atoms with Gasteiger partial charge in [0.25, 0.3) is 5.91 Å². The number of aliphatic imine (C=N–C) groups is 1. The molecule has 2 aromatic carbocycles. The Bertz CT molecular complexity index is 940. The largest absolute Gasteiger partial charge is 0.372 e. The Morgan fingerprint density at radius 1 is 1.09 bits per heavy atom. The van der Waals surface area contributed by atoms with Crippen LogP contribution in [-0.2, 0) is 17.8 Å². The molecule has 0 aromatic heterocycles. The van der Waals surface area contributed by atoms with E-state index >= 15 is 0 Å². The average molecular weight is 445 g/mol. The Labute approximate surface area is 187 Å². The highest BCUT2D eigenvalue weighted by Crippen LogP contribution is 2.15. The van der Waals surface area contributed by atoms with Gasteiger partial charge in [-0.05, 0) is 56.7 Å². The van der Waals surface area contributed by atoms with E-state index in [0.717, 1.165) is 23.8 Å². The summed E-state index contributed by atoms with van der Waals surface area (Å²) in [4.78, 5) is 19.1. The summed E-state index contributed by atoms with van der Waals surface area (Å²) in [6, 6.07) is 10.7. The SMILES string of the molecule is CCNC(=NCc1ccc(C(=O)N2CC(C)OC(C)C2)cc1)NCc1cc(F)ccc1F. The summed E-state index contributed by atoms with van der Waals surface area (Å²) in [6.45, 7) is 8.14. The molecule has 8 heteroatoms. The lowest BCUT2D eigenvalue weighted by Crippen LogP contribution is -2.48. The predicted octanol–water partition coefficient (Wildman–Crippen LogP) is 3.47. The fourth-order valence-electron chi connectivity index (χ4n) is 3.65. The van der Waals surface area contributed by atoms with Crippen molar-refractivity contribution in [1.82, 2.24) is 15.5 Å². The van der Waals surface area contributed by atoms with Gasteiger partial charge in [-0.3, -0.25) is 4.79 Å². The molecule has 0 radical (unpaired) electrons. The Hall–Kier alpha value is -3.00. The molecule has 1 aliphatic rings. The summed E-state index contributed by atoms with van der Waals surface area (Å²) in [5.41, 5.74) is 1.79. The molecule has 1 aliphatic heterocycles. The maximum atomic E-state index is 13.8. The van der Waals surface area contributed by atoms with Gasteiger partial charge in [0.2, 0.25) is 0 Å². The minimum absolute atomic E-state index is 0.00539. The van der Waals surface area contributed by atoms with Crippen LogP contribution in [0.2, 0.25) is 0 Å². The topological polar surface area (TPSA) is 66.0 Å². The second-order valence-electron chi connectivity index (χ2n) is 7.95. The maximum absolute atomic E-state index is 13.8. The van der Waals surface area contributed by atoms with Crippen LogP contribution in [0.3, 0.4) is 0 Å². The Balaban J connectivity index is 1.61. The van der Waals surface area contributed by atoms with E-state index in [2.05, 4.69) is 15.6 Å². The molecular weight excluding hydrogens is 414 g/mol. The molecule has 2 aromatic rings. The molecular formula is C24H30F2N4O2. The average Bonchev–Trinajstić information content (AvgIpc) is 2.77. The number of carbonyl (C=O) groups excluding carboxylic acids is 1. The minimum Gasteiger partial charge on any atom is -0.372 e. The number of hydrogen-bond acceptors (Lipinski definition) is 3. The molecule has 1 fully saturated rings. The van der Waals surface area contributed by atoms with Crippen LogP contribution < -0.4 is 10.6 Å². The zero-order valence-electron chi connectivity index (χ0n) is 18.7. The molecule has 172 valence electrons. The molecule has 0 aliphatic carbocycles.